The molecule has 0 bridgehead atoms. The van der Waals surface area contributed by atoms with Crippen LogP contribution in [0.15, 0.2) is 24.3 Å². The van der Waals surface area contributed by atoms with Gasteiger partial charge in [-0.3, -0.25) is 0 Å². The van der Waals surface area contributed by atoms with Crippen LogP contribution in [-0.2, 0) is 25.6 Å². The Morgan fingerprint density at radius 2 is 2.00 bits per heavy atom. The molecule has 2 aliphatic heterocycles. The number of hydrogen-bond acceptors (Lipinski definition) is 6. The van der Waals surface area contributed by atoms with Gasteiger partial charge in [0, 0.05) is 6.54 Å². The Balaban J connectivity index is 2.03. The fourth-order valence-corrected chi connectivity index (χ4v) is 3.55. The van der Waals surface area contributed by atoms with Crippen LogP contribution in [0.25, 0.3) is 0 Å². The second-order valence-electron chi connectivity index (χ2n) is 5.38. The molecule has 1 saturated heterocycles. The first kappa shape index (κ1) is 17.0. The molecule has 7 nitrogen and oxygen atoms in total. The average molecular weight is 366 g/mol. The first-order chi connectivity index (χ1) is 11.1. The largest absolute Gasteiger partial charge is 0.530 e. The number of nitrogens with zero attached hydrogens (tertiary/aromatic N) is 1. The Morgan fingerprint density at radius 3 is 2.62 bits per heavy atom. The van der Waals surface area contributed by atoms with Gasteiger partial charge in [-0.05, 0) is 11.1 Å². The summed E-state index contributed by atoms with van der Waals surface area (Å²) in [6, 6.07) is 6.52. The van der Waals surface area contributed by atoms with Crippen LogP contribution in [0.1, 0.15) is 17.0 Å². The molecule has 3 unspecified atom stereocenters. The Morgan fingerprint density at radius 1 is 1.33 bits per heavy atom. The van der Waals surface area contributed by atoms with Crippen molar-refractivity contribution in [3.05, 3.63) is 35.4 Å². The fraction of sp³-hybridized carbons (Fsp3) is 0.462. The lowest BCUT2D eigenvalue weighted by atomic mass is 9.89. The predicted octanol–water partition coefficient (Wildman–Crippen LogP) is 0.520. The molecule has 1 aromatic rings. The Labute approximate surface area is 134 Å². The monoisotopic (exact) mass is 366 g/mol. The summed E-state index contributed by atoms with van der Waals surface area (Å²) in [6.07, 6.45) is -4.58. The Kier molecular flexibility index (Phi) is 3.97. The molecule has 3 atom stereocenters. The van der Waals surface area contributed by atoms with E-state index in [1.54, 1.807) is 24.3 Å². The van der Waals surface area contributed by atoms with E-state index in [1.165, 1.54) is 0 Å². The summed E-state index contributed by atoms with van der Waals surface area (Å²) in [5.74, 6) is -1.01. The van der Waals surface area contributed by atoms with Crippen LogP contribution in [0, 0.1) is 0 Å². The molecular formula is C13H11F3NO6S-. The van der Waals surface area contributed by atoms with Crippen molar-refractivity contribution in [2.24, 2.45) is 0 Å². The number of benzene rings is 1. The standard InChI is InChI=1S/C13H12F3NO6S/c14-13(15,16)24(20,21)23-11-10-8-4-2-1-3-7(8)6-22-9(10)5-17(11)12(18)19/h1-4,9-11H,5-6H2,(H,18,19)/p-1. The molecule has 0 saturated carbocycles. The third-order valence-electron chi connectivity index (χ3n) is 4.00. The number of hydrogen-bond donors (Lipinski definition) is 0. The van der Waals surface area contributed by atoms with Crippen LogP contribution < -0.4 is 5.11 Å². The van der Waals surface area contributed by atoms with Crippen molar-refractivity contribution in [2.45, 2.75) is 30.4 Å². The molecule has 3 rings (SSSR count). The van der Waals surface area contributed by atoms with Gasteiger partial charge in [-0.15, -0.1) is 0 Å². The first-order valence-corrected chi connectivity index (χ1v) is 8.19. The number of alkyl halides is 3. The van der Waals surface area contributed by atoms with Crippen molar-refractivity contribution in [2.75, 3.05) is 6.54 Å². The van der Waals surface area contributed by atoms with E-state index >= 15 is 0 Å². The number of amides is 1. The van der Waals surface area contributed by atoms with Gasteiger partial charge >= 0.3 is 15.6 Å². The summed E-state index contributed by atoms with van der Waals surface area (Å²) < 4.78 is 70.2. The van der Waals surface area contributed by atoms with Crippen LogP contribution in [-0.4, -0.2) is 43.8 Å². The van der Waals surface area contributed by atoms with Gasteiger partial charge in [0.1, 0.15) is 6.09 Å². The van der Waals surface area contributed by atoms with E-state index in [4.69, 9.17) is 4.74 Å². The molecule has 11 heteroatoms. The second kappa shape index (κ2) is 5.60. The molecule has 2 heterocycles. The zero-order valence-corrected chi connectivity index (χ0v) is 12.7. The summed E-state index contributed by atoms with van der Waals surface area (Å²) in [6.45, 7) is -0.212. The van der Waals surface area contributed by atoms with Crippen molar-refractivity contribution >= 4 is 16.2 Å². The highest BCUT2D eigenvalue weighted by atomic mass is 32.2. The minimum Gasteiger partial charge on any atom is -0.530 e. The van der Waals surface area contributed by atoms with Gasteiger partial charge in [0.2, 0.25) is 0 Å². The highest BCUT2D eigenvalue weighted by Gasteiger charge is 2.54. The zero-order valence-electron chi connectivity index (χ0n) is 11.9. The Hall–Kier alpha value is -1.85. The number of carbonyl (C=O) groups excluding carboxylic acids is 1. The average Bonchev–Trinajstić information content (AvgIpc) is 2.85. The molecule has 132 valence electrons. The summed E-state index contributed by atoms with van der Waals surface area (Å²) in [5.41, 5.74) is -4.56. The molecular weight excluding hydrogens is 355 g/mol. The number of ether oxygens (including phenoxy) is 1. The van der Waals surface area contributed by atoms with Gasteiger partial charge in [-0.1, -0.05) is 24.3 Å². The van der Waals surface area contributed by atoms with E-state index in [9.17, 15) is 31.5 Å². The van der Waals surface area contributed by atoms with Crippen molar-refractivity contribution < 1.29 is 40.4 Å². The lowest BCUT2D eigenvalue weighted by Crippen LogP contribution is -2.48. The zero-order chi connectivity index (χ0) is 17.7. The van der Waals surface area contributed by atoms with Gasteiger partial charge in [0.25, 0.3) is 0 Å². The van der Waals surface area contributed by atoms with E-state index in [-0.39, 0.29) is 13.2 Å². The maximum Gasteiger partial charge on any atom is 0.523 e. The van der Waals surface area contributed by atoms with Gasteiger partial charge in [0.05, 0.1) is 18.6 Å². The van der Waals surface area contributed by atoms with Crippen LogP contribution in [0.5, 0.6) is 0 Å². The molecule has 1 fully saturated rings. The minimum atomic E-state index is -5.99. The smallest absolute Gasteiger partial charge is 0.523 e. The topological polar surface area (TPSA) is 96.0 Å². The quantitative estimate of drug-likeness (QED) is 0.559. The lowest BCUT2D eigenvalue weighted by Gasteiger charge is -2.32. The molecule has 1 amide bonds. The predicted molar refractivity (Wildman–Crippen MR) is 69.7 cm³/mol. The molecule has 0 spiro atoms. The number of halogens is 3. The normalized spacial score (nSPS) is 26.8. The second-order valence-corrected chi connectivity index (χ2v) is 6.94. The number of carboxylic acid groups (broad SMARTS) is 1. The first-order valence-electron chi connectivity index (χ1n) is 6.78. The summed E-state index contributed by atoms with van der Waals surface area (Å²) in [4.78, 5) is 11.6. The Bertz CT molecular complexity index is 765. The fourth-order valence-electron chi connectivity index (χ4n) is 2.96. The molecule has 0 aliphatic carbocycles. The highest BCUT2D eigenvalue weighted by Crippen LogP contribution is 2.43. The molecule has 0 radical (unpaired) electrons. The summed E-state index contributed by atoms with van der Waals surface area (Å²) >= 11 is 0. The maximum atomic E-state index is 12.6. The summed E-state index contributed by atoms with van der Waals surface area (Å²) in [5, 5.41) is 11.2. The third-order valence-corrected chi connectivity index (χ3v) is 5.02. The van der Waals surface area contributed by atoms with E-state index in [2.05, 4.69) is 4.18 Å². The van der Waals surface area contributed by atoms with Crippen molar-refractivity contribution in [3.8, 4) is 0 Å². The number of carbonyl (C=O) groups is 1. The third kappa shape index (κ3) is 2.72. The molecule has 0 N–H and O–H groups in total. The van der Waals surface area contributed by atoms with Crippen molar-refractivity contribution in [1.29, 1.82) is 0 Å². The van der Waals surface area contributed by atoms with Gasteiger partial charge in [-0.25, -0.2) is 4.18 Å². The molecule has 2 aliphatic rings. The van der Waals surface area contributed by atoms with Gasteiger partial charge in [0.15, 0.2) is 6.23 Å². The molecule has 1 aromatic carbocycles. The van der Waals surface area contributed by atoms with E-state index in [0.717, 1.165) is 0 Å². The van der Waals surface area contributed by atoms with E-state index < -0.39 is 40.0 Å². The van der Waals surface area contributed by atoms with Crippen LogP contribution in [0.4, 0.5) is 18.0 Å². The number of rotatable bonds is 2. The van der Waals surface area contributed by atoms with Crippen LogP contribution >= 0.6 is 0 Å². The van der Waals surface area contributed by atoms with E-state index in [1.807, 2.05) is 0 Å². The number of likely N-dealkylation sites (tertiary alicyclic amines) is 1. The van der Waals surface area contributed by atoms with Crippen LogP contribution in [0.2, 0.25) is 0 Å². The van der Waals surface area contributed by atoms with E-state index in [0.29, 0.717) is 16.0 Å². The van der Waals surface area contributed by atoms with Crippen molar-refractivity contribution in [1.82, 2.24) is 4.90 Å². The van der Waals surface area contributed by atoms with Gasteiger partial charge < -0.3 is 19.5 Å². The molecule has 24 heavy (non-hydrogen) atoms. The summed E-state index contributed by atoms with van der Waals surface area (Å²) in [7, 11) is -5.99. The minimum absolute atomic E-state index is 0.136. The highest BCUT2D eigenvalue weighted by molar-refractivity contribution is 7.87. The number of fused-ring (bicyclic) bond motifs is 3. The van der Waals surface area contributed by atoms with Gasteiger partial charge in [-0.2, -0.15) is 21.6 Å². The van der Waals surface area contributed by atoms with Crippen LogP contribution in [0.3, 0.4) is 0 Å². The maximum absolute atomic E-state index is 12.6. The molecule has 0 aromatic heterocycles. The van der Waals surface area contributed by atoms with Crippen molar-refractivity contribution in [3.63, 3.8) is 0 Å². The SMILES string of the molecule is O=C([O-])N1CC2OCc3ccccc3C2C1OS(=O)(=O)C(F)(F)F. The lowest BCUT2D eigenvalue weighted by molar-refractivity contribution is -0.270.